The van der Waals surface area contributed by atoms with E-state index in [1.165, 1.54) is 61.0 Å². The Morgan fingerprint density at radius 2 is 1.27 bits per heavy atom. The highest BCUT2D eigenvalue weighted by molar-refractivity contribution is 5.42. The fourth-order valence-electron chi connectivity index (χ4n) is 5.25. The molecule has 5 nitrogen and oxygen atoms in total. The van der Waals surface area contributed by atoms with E-state index >= 15 is 0 Å². The van der Waals surface area contributed by atoms with Gasteiger partial charge in [0.25, 0.3) is 0 Å². The average molecular weight is 462 g/mol. The lowest BCUT2D eigenvalue weighted by molar-refractivity contribution is -0.142. The van der Waals surface area contributed by atoms with Crippen LogP contribution in [0, 0.1) is 5.41 Å². The van der Waals surface area contributed by atoms with Gasteiger partial charge in [-0.05, 0) is 108 Å². The molecule has 1 aliphatic carbocycles. The Morgan fingerprint density at radius 3 is 1.70 bits per heavy atom. The zero-order valence-electron chi connectivity index (χ0n) is 22.0. The summed E-state index contributed by atoms with van der Waals surface area (Å²) in [5, 5.41) is 0. The maximum atomic E-state index is 5.98. The minimum Gasteiger partial charge on any atom is -0.374 e. The third-order valence-corrected chi connectivity index (χ3v) is 7.10. The molecule has 188 valence electrons. The largest absolute Gasteiger partial charge is 0.374 e. The van der Waals surface area contributed by atoms with Gasteiger partial charge in [0.15, 0.2) is 6.29 Å². The Morgan fingerprint density at radius 1 is 0.788 bits per heavy atom. The minimum absolute atomic E-state index is 0.0652. The van der Waals surface area contributed by atoms with Gasteiger partial charge in [-0.25, -0.2) is 0 Å². The normalized spacial score (nSPS) is 18.2. The number of fused-ring (bicyclic) bond motifs is 1. The van der Waals surface area contributed by atoms with Crippen LogP contribution in [0.5, 0.6) is 0 Å². The van der Waals surface area contributed by atoms with Crippen LogP contribution in [0.4, 0.5) is 0 Å². The van der Waals surface area contributed by atoms with Crippen LogP contribution in [-0.2, 0) is 45.0 Å². The summed E-state index contributed by atoms with van der Waals surface area (Å²) in [4.78, 5) is 2.60. The van der Waals surface area contributed by atoms with Gasteiger partial charge in [-0.2, -0.15) is 0 Å². The Bertz CT molecular complexity index is 676. The van der Waals surface area contributed by atoms with Crippen molar-refractivity contribution in [3.8, 4) is 0 Å². The molecule has 0 atom stereocenters. The van der Waals surface area contributed by atoms with E-state index < -0.39 is 0 Å². The van der Waals surface area contributed by atoms with E-state index in [-0.39, 0.29) is 18.5 Å². The minimum atomic E-state index is -0.0652. The highest BCUT2D eigenvalue weighted by atomic mass is 16.7. The molecule has 3 rings (SSSR count). The maximum Gasteiger partial charge on any atom is 0.158 e. The van der Waals surface area contributed by atoms with Crippen LogP contribution in [0.15, 0.2) is 12.1 Å². The molecule has 0 N–H and O–H groups in total. The van der Waals surface area contributed by atoms with E-state index in [4.69, 9.17) is 18.9 Å². The molecule has 1 fully saturated rings. The van der Waals surface area contributed by atoms with Gasteiger partial charge in [0, 0.05) is 26.2 Å². The van der Waals surface area contributed by atoms with Gasteiger partial charge in [-0.15, -0.1) is 0 Å². The van der Waals surface area contributed by atoms with Crippen LogP contribution in [0.2, 0.25) is 0 Å². The van der Waals surface area contributed by atoms with Crippen molar-refractivity contribution < 1.29 is 18.9 Å². The van der Waals surface area contributed by atoms with Crippen LogP contribution in [0.3, 0.4) is 0 Å². The number of piperidine rings is 1. The molecule has 0 unspecified atom stereocenters. The van der Waals surface area contributed by atoms with Gasteiger partial charge < -0.3 is 23.8 Å². The lowest BCUT2D eigenvalue weighted by Gasteiger charge is -2.39. The summed E-state index contributed by atoms with van der Waals surface area (Å²) in [5.74, 6) is 0. The molecule has 1 aliphatic heterocycles. The monoisotopic (exact) mass is 461 g/mol. The Hall–Kier alpha value is -0.980. The predicted molar refractivity (Wildman–Crippen MR) is 133 cm³/mol. The van der Waals surface area contributed by atoms with E-state index in [0.717, 1.165) is 13.0 Å². The van der Waals surface area contributed by atoms with Gasteiger partial charge in [0.05, 0.1) is 25.4 Å². The zero-order valence-corrected chi connectivity index (χ0v) is 22.0. The average Bonchev–Trinajstić information content (AvgIpc) is 3.12. The summed E-state index contributed by atoms with van der Waals surface area (Å²) >= 11 is 0. The summed E-state index contributed by atoms with van der Waals surface area (Å²) in [5.41, 5.74) is 6.09. The van der Waals surface area contributed by atoms with Gasteiger partial charge >= 0.3 is 0 Å². The first-order valence-electron chi connectivity index (χ1n) is 13.2. The van der Waals surface area contributed by atoms with Gasteiger partial charge in [-0.1, -0.05) is 12.1 Å². The van der Waals surface area contributed by atoms with Crippen LogP contribution in [-0.4, -0.2) is 56.2 Å². The third kappa shape index (κ3) is 7.76. The lowest BCUT2D eigenvalue weighted by Crippen LogP contribution is -2.41. The van der Waals surface area contributed by atoms with Crippen molar-refractivity contribution in [2.24, 2.45) is 5.41 Å². The Labute approximate surface area is 202 Å². The second-order valence-corrected chi connectivity index (χ2v) is 10.4. The second-order valence-electron chi connectivity index (χ2n) is 10.4. The lowest BCUT2D eigenvalue weighted by atomic mass is 9.76. The predicted octanol–water partition coefficient (Wildman–Crippen LogP) is 5.51. The van der Waals surface area contributed by atoms with Crippen LogP contribution in [0.1, 0.15) is 83.1 Å². The molecular formula is C28H47NO4. The fraction of sp³-hybridized carbons (Fsp3) is 0.786. The smallest absolute Gasteiger partial charge is 0.158 e. The molecule has 0 saturated carbocycles. The number of nitrogens with zero attached hydrogens (tertiary/aromatic N) is 1. The molecular weight excluding hydrogens is 414 g/mol. The van der Waals surface area contributed by atoms with Crippen molar-refractivity contribution >= 4 is 0 Å². The topological polar surface area (TPSA) is 40.2 Å². The van der Waals surface area contributed by atoms with Crippen molar-refractivity contribution in [3.05, 3.63) is 34.4 Å². The highest BCUT2D eigenvalue weighted by Crippen LogP contribution is 2.45. The number of ether oxygens (including phenoxy) is 4. The Kier molecular flexibility index (Phi) is 10.2. The summed E-state index contributed by atoms with van der Waals surface area (Å²) in [6, 6.07) is 4.85. The van der Waals surface area contributed by atoms with E-state index in [1.807, 2.05) is 13.8 Å². The number of likely N-dealkylation sites (tertiary alicyclic amines) is 1. The molecule has 1 aromatic rings. The first-order chi connectivity index (χ1) is 15.8. The molecule has 1 aromatic carbocycles. The standard InChI is InChI=1S/C28H47NO4/c1-7-30-27(31-8-2)9-12-29-13-10-28(11-14-29)17-23-15-25(19-32-21(3)4)26(16-24(23)18-28)20-33-22(5)6/h15-16,21-22,27H,7-14,17-20H2,1-6H3. The molecule has 0 bridgehead atoms. The Balaban J connectivity index is 1.60. The maximum absolute atomic E-state index is 5.98. The van der Waals surface area contributed by atoms with E-state index in [1.54, 1.807) is 0 Å². The van der Waals surface area contributed by atoms with Crippen molar-refractivity contribution in [3.63, 3.8) is 0 Å². The number of benzene rings is 1. The quantitative estimate of drug-likeness (QED) is 0.363. The van der Waals surface area contributed by atoms with Gasteiger partial charge in [0.2, 0.25) is 0 Å². The molecule has 1 spiro atoms. The molecule has 1 saturated heterocycles. The fourth-order valence-corrected chi connectivity index (χ4v) is 5.25. The van der Waals surface area contributed by atoms with Crippen molar-refractivity contribution in [2.45, 2.75) is 105 Å². The van der Waals surface area contributed by atoms with Gasteiger partial charge in [0.1, 0.15) is 0 Å². The van der Waals surface area contributed by atoms with E-state index in [0.29, 0.717) is 31.8 Å². The first kappa shape index (κ1) is 26.6. The molecule has 0 amide bonds. The number of rotatable bonds is 13. The molecule has 0 aromatic heterocycles. The molecule has 0 radical (unpaired) electrons. The molecule has 1 heterocycles. The van der Waals surface area contributed by atoms with Crippen LogP contribution < -0.4 is 0 Å². The number of hydrogen-bond donors (Lipinski definition) is 0. The summed E-state index contributed by atoms with van der Waals surface area (Å²) in [7, 11) is 0. The summed E-state index contributed by atoms with van der Waals surface area (Å²) in [6.07, 6.45) is 6.30. The number of hydrogen-bond acceptors (Lipinski definition) is 5. The molecule has 5 heteroatoms. The third-order valence-electron chi connectivity index (χ3n) is 7.10. The van der Waals surface area contributed by atoms with E-state index in [2.05, 4.69) is 44.7 Å². The first-order valence-corrected chi connectivity index (χ1v) is 13.2. The summed E-state index contributed by atoms with van der Waals surface area (Å²) < 4.78 is 23.4. The van der Waals surface area contributed by atoms with Crippen molar-refractivity contribution in [1.29, 1.82) is 0 Å². The second kappa shape index (κ2) is 12.6. The highest BCUT2D eigenvalue weighted by Gasteiger charge is 2.40. The van der Waals surface area contributed by atoms with E-state index in [9.17, 15) is 0 Å². The SMILES string of the molecule is CCOC(CCN1CCC2(CC1)Cc1cc(COC(C)C)c(COC(C)C)cc1C2)OCC. The molecule has 2 aliphatic rings. The zero-order chi connectivity index (χ0) is 23.8. The summed E-state index contributed by atoms with van der Waals surface area (Å²) in [6.45, 7) is 18.6. The molecule has 33 heavy (non-hydrogen) atoms. The van der Waals surface area contributed by atoms with Crippen LogP contribution in [0.25, 0.3) is 0 Å². The van der Waals surface area contributed by atoms with Crippen molar-refractivity contribution in [2.75, 3.05) is 32.8 Å². The van der Waals surface area contributed by atoms with Crippen LogP contribution >= 0.6 is 0 Å². The van der Waals surface area contributed by atoms with Crippen molar-refractivity contribution in [1.82, 2.24) is 4.90 Å². The van der Waals surface area contributed by atoms with Gasteiger partial charge in [-0.3, -0.25) is 0 Å².